The third kappa shape index (κ3) is 9.67. The number of carboxylic acids is 1. The van der Waals surface area contributed by atoms with Crippen LogP contribution in [0.3, 0.4) is 0 Å². The van der Waals surface area contributed by atoms with E-state index in [-0.39, 0.29) is 30.7 Å². The highest BCUT2D eigenvalue weighted by atomic mass is 16.4. The van der Waals surface area contributed by atoms with Crippen LogP contribution in [-0.2, 0) is 33.6 Å². The van der Waals surface area contributed by atoms with Crippen molar-refractivity contribution >= 4 is 41.4 Å². The van der Waals surface area contributed by atoms with Crippen LogP contribution in [0.15, 0.2) is 0 Å². The predicted octanol–water partition coefficient (Wildman–Crippen LogP) is -2.04. The second-order valence-corrected chi connectivity index (χ2v) is 11.3. The zero-order valence-electron chi connectivity index (χ0n) is 24.7. The number of rotatable bonds is 15. The molecular weight excluding hydrogens is 550 g/mol. The average Bonchev–Trinajstić information content (AvgIpc) is 3.64. The van der Waals surface area contributed by atoms with Crippen LogP contribution in [0.2, 0.25) is 0 Å². The minimum Gasteiger partial charge on any atom is -0.481 e. The SMILES string of the molecule is CC[C@H](C)[C@H](NC(=O)[C@@H]1CCCN1)C(=O)N[C@@H](CC(=O)O)C(=O)N1CCC[C@H]1C(=O)NCC(=O)N[C@H](C(N)=O)C(C)C. The summed E-state index contributed by atoms with van der Waals surface area (Å²) in [7, 11) is 0. The van der Waals surface area contributed by atoms with Gasteiger partial charge in [-0.2, -0.15) is 0 Å². The van der Waals surface area contributed by atoms with E-state index in [2.05, 4.69) is 26.6 Å². The lowest BCUT2D eigenvalue weighted by molar-refractivity contribution is -0.146. The Morgan fingerprint density at radius 2 is 1.64 bits per heavy atom. The second kappa shape index (κ2) is 16.0. The molecular formula is C27H45N7O8. The van der Waals surface area contributed by atoms with Crippen molar-refractivity contribution in [1.82, 2.24) is 31.5 Å². The zero-order valence-corrected chi connectivity index (χ0v) is 24.7. The highest BCUT2D eigenvalue weighted by Crippen LogP contribution is 2.20. The smallest absolute Gasteiger partial charge is 0.305 e. The number of aliphatic carboxylic acids is 1. The summed E-state index contributed by atoms with van der Waals surface area (Å²) in [6.45, 7) is 7.39. The summed E-state index contributed by atoms with van der Waals surface area (Å²) in [6, 6.07) is -4.83. The van der Waals surface area contributed by atoms with Crippen molar-refractivity contribution in [3.8, 4) is 0 Å². The number of nitrogens with one attached hydrogen (secondary N) is 5. The number of carbonyl (C=O) groups excluding carboxylic acids is 6. The topological polar surface area (TPSA) is 229 Å². The van der Waals surface area contributed by atoms with Crippen molar-refractivity contribution in [1.29, 1.82) is 0 Å². The fourth-order valence-electron chi connectivity index (χ4n) is 5.08. The van der Waals surface area contributed by atoms with Gasteiger partial charge in [0.1, 0.15) is 24.2 Å². The molecule has 6 atom stereocenters. The summed E-state index contributed by atoms with van der Waals surface area (Å²) in [4.78, 5) is 89.1. The van der Waals surface area contributed by atoms with Gasteiger partial charge in [0, 0.05) is 6.54 Å². The van der Waals surface area contributed by atoms with Crippen LogP contribution in [0.25, 0.3) is 0 Å². The largest absolute Gasteiger partial charge is 0.481 e. The first-order chi connectivity index (χ1) is 19.8. The molecule has 0 saturated carbocycles. The Labute approximate surface area is 245 Å². The lowest BCUT2D eigenvalue weighted by atomic mass is 9.97. The van der Waals surface area contributed by atoms with E-state index in [0.717, 1.165) is 6.42 Å². The molecule has 2 rings (SSSR count). The molecule has 42 heavy (non-hydrogen) atoms. The maximum absolute atomic E-state index is 13.5. The number of primary amides is 1. The Morgan fingerprint density at radius 1 is 0.952 bits per heavy atom. The predicted molar refractivity (Wildman–Crippen MR) is 150 cm³/mol. The van der Waals surface area contributed by atoms with Crippen molar-refractivity contribution in [2.45, 2.75) is 96.4 Å². The molecule has 0 bridgehead atoms. The first-order valence-corrected chi connectivity index (χ1v) is 14.5. The molecule has 0 aliphatic carbocycles. The third-order valence-electron chi connectivity index (χ3n) is 7.71. The van der Waals surface area contributed by atoms with E-state index in [1.165, 1.54) is 4.90 Å². The molecule has 2 heterocycles. The standard InChI is InChI=1S/C27H45N7O8/c1-5-15(4)22(33-24(39)16-8-6-10-29-16)26(41)31-17(12-20(36)37)27(42)34-11-7-9-18(34)25(40)30-13-19(35)32-21(14(2)3)23(28)38/h14-18,21-22,29H,5-13H2,1-4H3,(H2,28,38)(H,30,40)(H,31,41)(H,32,35)(H,33,39)(H,36,37)/t15-,16-,17-,18-,21-,22-/m0/s1. The fraction of sp³-hybridized carbons (Fsp3) is 0.741. The maximum Gasteiger partial charge on any atom is 0.305 e. The zero-order chi connectivity index (χ0) is 31.6. The monoisotopic (exact) mass is 595 g/mol. The molecule has 0 spiro atoms. The Hall–Kier alpha value is -3.75. The van der Waals surface area contributed by atoms with E-state index < -0.39 is 78.7 Å². The van der Waals surface area contributed by atoms with Crippen LogP contribution in [0.5, 0.6) is 0 Å². The van der Waals surface area contributed by atoms with Gasteiger partial charge in [-0.05, 0) is 44.1 Å². The van der Waals surface area contributed by atoms with Gasteiger partial charge in [-0.15, -0.1) is 0 Å². The van der Waals surface area contributed by atoms with Gasteiger partial charge in [-0.1, -0.05) is 34.1 Å². The molecule has 15 heteroatoms. The number of carbonyl (C=O) groups is 7. The highest BCUT2D eigenvalue weighted by Gasteiger charge is 2.40. The minimum absolute atomic E-state index is 0.144. The van der Waals surface area contributed by atoms with Crippen LogP contribution >= 0.6 is 0 Å². The Kier molecular flexibility index (Phi) is 13.2. The molecule has 2 saturated heterocycles. The van der Waals surface area contributed by atoms with E-state index in [0.29, 0.717) is 25.8 Å². The Balaban J connectivity index is 2.10. The van der Waals surface area contributed by atoms with Gasteiger partial charge in [-0.3, -0.25) is 33.6 Å². The van der Waals surface area contributed by atoms with E-state index in [4.69, 9.17) is 5.73 Å². The molecule has 6 amide bonds. The van der Waals surface area contributed by atoms with Gasteiger partial charge >= 0.3 is 5.97 Å². The molecule has 0 aromatic heterocycles. The number of nitrogens with zero attached hydrogens (tertiary/aromatic N) is 1. The molecule has 0 radical (unpaired) electrons. The van der Waals surface area contributed by atoms with Crippen LogP contribution in [0, 0.1) is 11.8 Å². The quantitative estimate of drug-likeness (QED) is 0.110. The van der Waals surface area contributed by atoms with Crippen molar-refractivity contribution in [3.05, 3.63) is 0 Å². The second-order valence-electron chi connectivity index (χ2n) is 11.3. The lowest BCUT2D eigenvalue weighted by Crippen LogP contribution is -2.59. The van der Waals surface area contributed by atoms with Crippen LogP contribution in [0.4, 0.5) is 0 Å². The molecule has 0 unspecified atom stereocenters. The minimum atomic E-state index is -1.48. The van der Waals surface area contributed by atoms with Gasteiger partial charge in [0.2, 0.25) is 35.4 Å². The van der Waals surface area contributed by atoms with Crippen LogP contribution in [0.1, 0.15) is 66.2 Å². The first-order valence-electron chi connectivity index (χ1n) is 14.5. The normalized spacial score (nSPS) is 21.1. The summed E-state index contributed by atoms with van der Waals surface area (Å²) in [5.74, 6) is -5.69. The van der Waals surface area contributed by atoms with Crippen molar-refractivity contribution in [2.24, 2.45) is 17.6 Å². The Morgan fingerprint density at radius 3 is 2.19 bits per heavy atom. The number of likely N-dealkylation sites (tertiary alicyclic amines) is 1. The van der Waals surface area contributed by atoms with Gasteiger partial charge in [-0.25, -0.2) is 0 Å². The number of carboxylic acid groups (broad SMARTS) is 1. The molecule has 0 aromatic carbocycles. The molecule has 2 fully saturated rings. The first kappa shape index (κ1) is 34.5. The van der Waals surface area contributed by atoms with E-state index in [1.54, 1.807) is 20.8 Å². The molecule has 15 nitrogen and oxygen atoms in total. The van der Waals surface area contributed by atoms with Crippen molar-refractivity contribution < 1.29 is 38.7 Å². The van der Waals surface area contributed by atoms with Gasteiger partial charge in [0.25, 0.3) is 0 Å². The highest BCUT2D eigenvalue weighted by molar-refractivity contribution is 5.97. The van der Waals surface area contributed by atoms with E-state index in [1.807, 2.05) is 6.92 Å². The molecule has 2 aliphatic rings. The average molecular weight is 596 g/mol. The van der Waals surface area contributed by atoms with Crippen molar-refractivity contribution in [2.75, 3.05) is 19.6 Å². The number of nitrogens with two attached hydrogens (primary N) is 1. The van der Waals surface area contributed by atoms with Gasteiger partial charge in [0.05, 0.1) is 19.0 Å². The van der Waals surface area contributed by atoms with Gasteiger partial charge in [0.15, 0.2) is 0 Å². The summed E-state index contributed by atoms with van der Waals surface area (Å²) < 4.78 is 0. The lowest BCUT2D eigenvalue weighted by Gasteiger charge is -2.30. The van der Waals surface area contributed by atoms with E-state index >= 15 is 0 Å². The Bertz CT molecular complexity index is 1030. The van der Waals surface area contributed by atoms with Crippen molar-refractivity contribution in [3.63, 3.8) is 0 Å². The summed E-state index contributed by atoms with van der Waals surface area (Å²) >= 11 is 0. The van der Waals surface area contributed by atoms with Crippen LogP contribution in [-0.4, -0.2) is 101 Å². The molecule has 8 N–H and O–H groups in total. The number of hydrogen-bond acceptors (Lipinski definition) is 8. The van der Waals surface area contributed by atoms with Gasteiger partial charge < -0.3 is 42.3 Å². The molecule has 0 aromatic rings. The van der Waals surface area contributed by atoms with E-state index in [9.17, 15) is 38.7 Å². The fourth-order valence-corrected chi connectivity index (χ4v) is 5.08. The number of amides is 6. The maximum atomic E-state index is 13.5. The molecule has 236 valence electrons. The summed E-state index contributed by atoms with van der Waals surface area (Å²) in [5, 5.41) is 22.7. The summed E-state index contributed by atoms with van der Waals surface area (Å²) in [6.07, 6.45) is 1.97. The number of hydrogen-bond donors (Lipinski definition) is 7. The van der Waals surface area contributed by atoms with Crippen LogP contribution < -0.4 is 32.3 Å². The molecule has 2 aliphatic heterocycles. The third-order valence-corrected chi connectivity index (χ3v) is 7.71. The summed E-state index contributed by atoms with van der Waals surface area (Å²) in [5.41, 5.74) is 5.30.